The number of aryl methyl sites for hydroxylation is 2. The molecule has 0 spiro atoms. The van der Waals surface area contributed by atoms with Crippen LogP contribution in [0.1, 0.15) is 18.2 Å². The van der Waals surface area contributed by atoms with Crippen LogP contribution in [0.5, 0.6) is 0 Å². The van der Waals surface area contributed by atoms with E-state index in [1.807, 2.05) is 18.7 Å². The van der Waals surface area contributed by atoms with E-state index in [0.29, 0.717) is 0 Å². The van der Waals surface area contributed by atoms with Crippen molar-refractivity contribution in [1.82, 2.24) is 9.78 Å². The predicted molar refractivity (Wildman–Crippen MR) is 83.3 cm³/mol. The van der Waals surface area contributed by atoms with Crippen molar-refractivity contribution in [3.63, 3.8) is 0 Å². The summed E-state index contributed by atoms with van der Waals surface area (Å²) in [6.45, 7) is 5.64. The smallest absolute Gasteiger partial charge is 0.150 e. The molecule has 5 heteroatoms. The van der Waals surface area contributed by atoms with Gasteiger partial charge < -0.3 is 10.6 Å². The van der Waals surface area contributed by atoms with E-state index in [1.54, 1.807) is 0 Å². The van der Waals surface area contributed by atoms with Gasteiger partial charge in [-0.2, -0.15) is 5.10 Å². The molecule has 19 heavy (non-hydrogen) atoms. The largest absolute Gasteiger partial charge is 0.394 e. The molecule has 1 aromatic heterocycles. The fourth-order valence-electron chi connectivity index (χ4n) is 2.14. The first-order valence-electron chi connectivity index (χ1n) is 6.31. The van der Waals surface area contributed by atoms with E-state index >= 15 is 0 Å². The second-order valence-corrected chi connectivity index (χ2v) is 5.54. The van der Waals surface area contributed by atoms with Crippen molar-refractivity contribution < 1.29 is 0 Å². The second kappa shape index (κ2) is 5.65. The van der Waals surface area contributed by atoms with Crippen molar-refractivity contribution in [1.29, 1.82) is 0 Å². The van der Waals surface area contributed by atoms with Crippen LogP contribution in [0.3, 0.4) is 0 Å². The van der Waals surface area contributed by atoms with E-state index in [9.17, 15) is 0 Å². The van der Waals surface area contributed by atoms with Gasteiger partial charge in [0.2, 0.25) is 0 Å². The fraction of sp³-hybridized carbons (Fsp3) is 0.357. The third kappa shape index (κ3) is 2.92. The van der Waals surface area contributed by atoms with Crippen molar-refractivity contribution in [2.45, 2.75) is 26.9 Å². The zero-order valence-electron chi connectivity index (χ0n) is 11.5. The van der Waals surface area contributed by atoms with Gasteiger partial charge in [-0.05, 0) is 31.5 Å². The highest BCUT2D eigenvalue weighted by Gasteiger charge is 2.15. The van der Waals surface area contributed by atoms with Gasteiger partial charge in [-0.25, -0.2) is 4.68 Å². The number of nitrogens with two attached hydrogens (primary N) is 1. The Balaban J connectivity index is 2.24. The number of hydrogen-bond acceptors (Lipinski definition) is 3. The lowest BCUT2D eigenvalue weighted by Gasteiger charge is -2.21. The normalized spacial score (nSPS) is 10.7. The van der Waals surface area contributed by atoms with Crippen LogP contribution in [0.4, 0.5) is 11.5 Å². The molecule has 0 unspecified atom stereocenters. The number of nitrogen functional groups attached to an aromatic ring is 1. The Kier molecular flexibility index (Phi) is 4.14. The molecule has 0 atom stereocenters. The maximum absolute atomic E-state index is 6.13. The highest BCUT2D eigenvalue weighted by molar-refractivity contribution is 9.10. The summed E-state index contributed by atoms with van der Waals surface area (Å²) in [4.78, 5) is 2.14. The van der Waals surface area contributed by atoms with Crippen molar-refractivity contribution >= 4 is 27.4 Å². The Morgan fingerprint density at radius 3 is 2.53 bits per heavy atom. The minimum absolute atomic E-state index is 0.765. The molecule has 0 aliphatic heterocycles. The van der Waals surface area contributed by atoms with Gasteiger partial charge in [-0.3, -0.25) is 0 Å². The van der Waals surface area contributed by atoms with Gasteiger partial charge in [0.05, 0.1) is 11.4 Å². The third-order valence-electron chi connectivity index (χ3n) is 3.14. The van der Waals surface area contributed by atoms with Crippen molar-refractivity contribution in [2.75, 3.05) is 17.7 Å². The number of halogens is 1. The minimum atomic E-state index is 0.765. The van der Waals surface area contributed by atoms with E-state index in [1.165, 1.54) is 5.56 Å². The summed E-state index contributed by atoms with van der Waals surface area (Å²) in [5.74, 6) is 0.989. The quantitative estimate of drug-likeness (QED) is 0.940. The molecule has 2 N–H and O–H groups in total. The molecule has 0 amide bonds. The lowest BCUT2D eigenvalue weighted by Crippen LogP contribution is -2.21. The first-order chi connectivity index (χ1) is 9.02. The molecule has 102 valence electrons. The number of nitrogens with zero attached hydrogens (tertiary/aromatic N) is 3. The van der Waals surface area contributed by atoms with Gasteiger partial charge in [0.25, 0.3) is 0 Å². The molecule has 0 saturated heterocycles. The second-order valence-electron chi connectivity index (χ2n) is 4.62. The molecule has 0 aliphatic carbocycles. The minimum Gasteiger partial charge on any atom is -0.394 e. The summed E-state index contributed by atoms with van der Waals surface area (Å²) in [6, 6.07) is 8.32. The molecule has 0 aliphatic rings. The molecule has 0 fully saturated rings. The Hall–Kier alpha value is -1.49. The van der Waals surface area contributed by atoms with Gasteiger partial charge in [-0.15, -0.1) is 0 Å². The van der Waals surface area contributed by atoms with Crippen LogP contribution in [-0.2, 0) is 13.1 Å². The lowest BCUT2D eigenvalue weighted by atomic mass is 10.2. The molecule has 0 bridgehead atoms. The topological polar surface area (TPSA) is 47.1 Å². The van der Waals surface area contributed by atoms with Gasteiger partial charge in [0, 0.05) is 24.6 Å². The maximum Gasteiger partial charge on any atom is 0.150 e. The van der Waals surface area contributed by atoms with E-state index in [0.717, 1.165) is 34.8 Å². The summed E-state index contributed by atoms with van der Waals surface area (Å²) in [7, 11) is 2.04. The van der Waals surface area contributed by atoms with Crippen molar-refractivity contribution in [3.8, 4) is 0 Å². The summed E-state index contributed by atoms with van der Waals surface area (Å²) in [5.41, 5.74) is 9.02. The summed E-state index contributed by atoms with van der Waals surface area (Å²) in [6.07, 6.45) is 0. The Bertz CT molecular complexity index is 560. The van der Waals surface area contributed by atoms with E-state index < -0.39 is 0 Å². The first kappa shape index (κ1) is 13.9. The molecular formula is C14H19BrN4. The van der Waals surface area contributed by atoms with E-state index in [-0.39, 0.29) is 0 Å². The zero-order valence-corrected chi connectivity index (χ0v) is 13.1. The average Bonchev–Trinajstić information content (AvgIpc) is 2.68. The first-order valence-corrected chi connectivity index (χ1v) is 7.10. The molecule has 0 saturated carbocycles. The van der Waals surface area contributed by atoms with Crippen molar-refractivity contribution in [3.05, 3.63) is 40.0 Å². The van der Waals surface area contributed by atoms with E-state index in [4.69, 9.17) is 5.73 Å². The van der Waals surface area contributed by atoms with Gasteiger partial charge in [-0.1, -0.05) is 28.1 Å². The Morgan fingerprint density at radius 1 is 1.32 bits per heavy atom. The SMILES string of the molecule is CCn1nc(C)c(N)c1N(C)Cc1ccc(Br)cc1. The van der Waals surface area contributed by atoms with Gasteiger partial charge in [0.1, 0.15) is 0 Å². The average molecular weight is 323 g/mol. The highest BCUT2D eigenvalue weighted by atomic mass is 79.9. The van der Waals surface area contributed by atoms with Crippen LogP contribution in [-0.4, -0.2) is 16.8 Å². The van der Waals surface area contributed by atoms with Crippen LogP contribution in [0, 0.1) is 6.92 Å². The maximum atomic E-state index is 6.13. The number of anilines is 2. The monoisotopic (exact) mass is 322 g/mol. The molecule has 4 nitrogen and oxygen atoms in total. The predicted octanol–water partition coefficient (Wildman–Crippen LogP) is 3.19. The molecule has 2 rings (SSSR count). The van der Waals surface area contributed by atoms with Crippen LogP contribution in [0.15, 0.2) is 28.7 Å². The Morgan fingerprint density at radius 2 is 1.95 bits per heavy atom. The van der Waals surface area contributed by atoms with Crippen LogP contribution < -0.4 is 10.6 Å². The molecule has 1 heterocycles. The van der Waals surface area contributed by atoms with Gasteiger partial charge >= 0.3 is 0 Å². The van der Waals surface area contributed by atoms with E-state index in [2.05, 4.69) is 57.1 Å². The molecular weight excluding hydrogens is 304 g/mol. The number of aromatic nitrogens is 2. The van der Waals surface area contributed by atoms with Crippen LogP contribution in [0.25, 0.3) is 0 Å². The summed E-state index contributed by atoms with van der Waals surface area (Å²) >= 11 is 3.45. The lowest BCUT2D eigenvalue weighted by molar-refractivity contribution is 0.640. The summed E-state index contributed by atoms with van der Waals surface area (Å²) < 4.78 is 3.04. The number of rotatable bonds is 4. The highest BCUT2D eigenvalue weighted by Crippen LogP contribution is 2.26. The van der Waals surface area contributed by atoms with Crippen LogP contribution in [0.2, 0.25) is 0 Å². The Labute approximate surface area is 122 Å². The molecule has 2 aromatic rings. The van der Waals surface area contributed by atoms with Crippen molar-refractivity contribution in [2.24, 2.45) is 0 Å². The van der Waals surface area contributed by atoms with Crippen LogP contribution >= 0.6 is 15.9 Å². The number of hydrogen-bond donors (Lipinski definition) is 1. The zero-order chi connectivity index (χ0) is 14.0. The molecule has 1 aromatic carbocycles. The number of benzene rings is 1. The fourth-order valence-corrected chi connectivity index (χ4v) is 2.41. The summed E-state index contributed by atoms with van der Waals surface area (Å²) in [5, 5.41) is 4.45. The molecule has 0 radical (unpaired) electrons. The standard InChI is InChI=1S/C14H19BrN4/c1-4-19-14(13(16)10(2)17-19)18(3)9-11-5-7-12(15)8-6-11/h5-8H,4,9,16H2,1-3H3. The third-order valence-corrected chi connectivity index (χ3v) is 3.67. The van der Waals surface area contributed by atoms with Gasteiger partial charge in [0.15, 0.2) is 5.82 Å².